The molecule has 6 nitrogen and oxygen atoms in total. The zero-order valence-electron chi connectivity index (χ0n) is 13.2. The minimum Gasteiger partial charge on any atom is -0.348 e. The molecule has 0 radical (unpaired) electrons. The highest BCUT2D eigenvalue weighted by Crippen LogP contribution is 2.14. The lowest BCUT2D eigenvalue weighted by atomic mass is 10.3. The topological polar surface area (TPSA) is 55.4 Å². The molecule has 0 N–H and O–H groups in total. The van der Waals surface area contributed by atoms with Crippen molar-refractivity contribution in [3.63, 3.8) is 0 Å². The minimum atomic E-state index is -1.39. The fourth-order valence-electron chi connectivity index (χ4n) is 1.76. The average molecular weight is 338 g/mol. The molecule has 0 aliphatic heterocycles. The highest BCUT2D eigenvalue weighted by atomic mass is 17.3. The number of hydrogen-bond acceptors (Lipinski definition) is 6. The molecule has 7 heteroatoms. The fourth-order valence-corrected chi connectivity index (χ4v) is 1.76. The minimum absolute atomic E-state index is 0.471. The molecule has 0 saturated heterocycles. The Kier molecular flexibility index (Phi) is 6.29. The molecule has 0 atom stereocenters. The Morgan fingerprint density at radius 1 is 0.400 bits per heavy atom. The molecule has 0 saturated carbocycles. The predicted octanol–water partition coefficient (Wildman–Crippen LogP) is 4.00. The van der Waals surface area contributed by atoms with Crippen molar-refractivity contribution in [2.24, 2.45) is 0 Å². The van der Waals surface area contributed by atoms with Crippen LogP contribution in [-0.2, 0) is 14.4 Å². The van der Waals surface area contributed by atoms with E-state index in [9.17, 15) is 0 Å². The van der Waals surface area contributed by atoms with Gasteiger partial charge in [0.1, 0.15) is 0 Å². The van der Waals surface area contributed by atoms with Gasteiger partial charge in [-0.1, -0.05) is 54.6 Å². The van der Waals surface area contributed by atoms with Crippen LogP contribution in [0.4, 0.5) is 0 Å². The highest BCUT2D eigenvalue weighted by Gasteiger charge is 2.30. The third-order valence-corrected chi connectivity index (χ3v) is 2.90. The summed E-state index contributed by atoms with van der Waals surface area (Å²) in [5.41, 5.74) is 0. The van der Waals surface area contributed by atoms with E-state index in [-0.39, 0.29) is 0 Å². The van der Waals surface area contributed by atoms with Crippen molar-refractivity contribution in [3.8, 4) is 17.2 Å². The van der Waals surface area contributed by atoms with E-state index in [4.69, 9.17) is 29.1 Å². The summed E-state index contributed by atoms with van der Waals surface area (Å²) in [6.45, 7) is 0. The summed E-state index contributed by atoms with van der Waals surface area (Å²) in [6, 6.07) is 26.7. The first-order valence-corrected chi connectivity index (χ1v) is 7.55. The molecule has 0 unspecified atom stereocenters. The molecule has 0 bridgehead atoms. The molecule has 3 rings (SSSR count). The molecule has 0 fully saturated rings. The molecule has 3 aromatic rings. The van der Waals surface area contributed by atoms with E-state index >= 15 is 0 Å². The molecule has 0 spiro atoms. The van der Waals surface area contributed by atoms with E-state index < -0.39 is 7.32 Å². The first kappa shape index (κ1) is 16.8. The van der Waals surface area contributed by atoms with Crippen LogP contribution in [0.15, 0.2) is 91.0 Å². The quantitative estimate of drug-likeness (QED) is 0.334. The van der Waals surface area contributed by atoms with Crippen LogP contribution in [0.3, 0.4) is 0 Å². The van der Waals surface area contributed by atoms with Crippen molar-refractivity contribution < 1.29 is 29.1 Å². The predicted molar refractivity (Wildman–Crippen MR) is 90.2 cm³/mol. The fraction of sp³-hybridized carbons (Fsp3) is 0. The monoisotopic (exact) mass is 338 g/mol. The van der Waals surface area contributed by atoms with Gasteiger partial charge < -0.3 is 14.7 Å². The smallest absolute Gasteiger partial charge is 0.348 e. The molecule has 126 valence electrons. The van der Waals surface area contributed by atoms with Gasteiger partial charge in [-0.15, -0.1) is 0 Å². The third-order valence-electron chi connectivity index (χ3n) is 2.90. The van der Waals surface area contributed by atoms with Crippen LogP contribution in [0.2, 0.25) is 0 Å². The van der Waals surface area contributed by atoms with E-state index in [1.54, 1.807) is 72.8 Å². The Morgan fingerprint density at radius 2 is 0.680 bits per heavy atom. The Morgan fingerprint density at radius 3 is 0.960 bits per heavy atom. The lowest BCUT2D eigenvalue weighted by molar-refractivity contribution is -0.263. The number of para-hydroxylation sites is 3. The van der Waals surface area contributed by atoms with Gasteiger partial charge >= 0.3 is 7.32 Å². The summed E-state index contributed by atoms with van der Waals surface area (Å²) in [7, 11) is -1.39. The van der Waals surface area contributed by atoms with Crippen molar-refractivity contribution in [1.29, 1.82) is 0 Å². The van der Waals surface area contributed by atoms with Gasteiger partial charge in [-0.3, -0.25) is 0 Å². The molecule has 3 aromatic carbocycles. The van der Waals surface area contributed by atoms with Crippen molar-refractivity contribution in [2.45, 2.75) is 0 Å². The van der Waals surface area contributed by atoms with Crippen LogP contribution in [0.5, 0.6) is 17.2 Å². The molecule has 0 aromatic heterocycles. The Labute approximate surface area is 145 Å². The second kappa shape index (κ2) is 9.34. The maximum atomic E-state index is 5.13. The van der Waals surface area contributed by atoms with Gasteiger partial charge in [-0.05, 0) is 36.4 Å². The Bertz CT molecular complexity index is 623. The normalized spacial score (nSPS) is 10.1. The van der Waals surface area contributed by atoms with Crippen molar-refractivity contribution in [1.82, 2.24) is 0 Å². The van der Waals surface area contributed by atoms with Crippen LogP contribution in [-0.4, -0.2) is 7.32 Å². The van der Waals surface area contributed by atoms with Gasteiger partial charge in [0, 0.05) is 0 Å². The first-order chi connectivity index (χ1) is 12.4. The maximum absolute atomic E-state index is 5.13. The molecule has 0 aliphatic carbocycles. The van der Waals surface area contributed by atoms with Crippen LogP contribution in [0.25, 0.3) is 0 Å². The van der Waals surface area contributed by atoms with Crippen molar-refractivity contribution in [2.75, 3.05) is 0 Å². The van der Waals surface area contributed by atoms with E-state index in [1.165, 1.54) is 0 Å². The molecular formula is C18H15BO6. The number of rotatable bonds is 9. The van der Waals surface area contributed by atoms with Crippen molar-refractivity contribution in [3.05, 3.63) is 91.0 Å². The standard InChI is InChI=1S/C18H15BO6/c1-4-10-16(11-5-1)20-23-19(24-21-17-12-6-2-7-13-17)25-22-18-14-8-3-9-15-18/h1-15H. The summed E-state index contributed by atoms with van der Waals surface area (Å²) < 4.78 is 0. The summed E-state index contributed by atoms with van der Waals surface area (Å²) >= 11 is 0. The Hall–Kier alpha value is -3.00. The van der Waals surface area contributed by atoms with E-state index in [0.717, 1.165) is 0 Å². The molecule has 25 heavy (non-hydrogen) atoms. The zero-order chi connectivity index (χ0) is 17.2. The van der Waals surface area contributed by atoms with Gasteiger partial charge in [0.2, 0.25) is 0 Å². The summed E-state index contributed by atoms with van der Waals surface area (Å²) in [4.78, 5) is 30.6. The Balaban J connectivity index is 1.56. The largest absolute Gasteiger partial charge is 0.754 e. The lowest BCUT2D eigenvalue weighted by Gasteiger charge is -2.12. The van der Waals surface area contributed by atoms with Crippen molar-refractivity contribution >= 4 is 7.32 Å². The second-order valence-electron chi connectivity index (χ2n) is 4.77. The van der Waals surface area contributed by atoms with Crippen LogP contribution >= 0.6 is 0 Å². The number of benzene rings is 3. The summed E-state index contributed by atoms with van der Waals surface area (Å²) in [5.74, 6) is 1.41. The van der Waals surface area contributed by atoms with Gasteiger partial charge in [0.05, 0.1) is 0 Å². The zero-order valence-corrected chi connectivity index (χ0v) is 13.2. The third kappa shape index (κ3) is 5.85. The van der Waals surface area contributed by atoms with Crippen LogP contribution in [0, 0.1) is 0 Å². The molecule has 0 aliphatic rings. The second-order valence-corrected chi connectivity index (χ2v) is 4.77. The number of hydrogen-bond donors (Lipinski definition) is 0. The molecule has 0 amide bonds. The van der Waals surface area contributed by atoms with E-state index in [2.05, 4.69) is 0 Å². The SMILES string of the molecule is c1ccc(OOB(OOc2ccccc2)OOc2ccccc2)cc1. The van der Waals surface area contributed by atoms with E-state index in [1.807, 2.05) is 18.2 Å². The van der Waals surface area contributed by atoms with Crippen LogP contribution in [0.1, 0.15) is 0 Å². The van der Waals surface area contributed by atoms with Gasteiger partial charge in [0.15, 0.2) is 17.2 Å². The average Bonchev–Trinajstić information content (AvgIpc) is 2.70. The van der Waals surface area contributed by atoms with E-state index in [0.29, 0.717) is 17.2 Å². The maximum Gasteiger partial charge on any atom is 0.754 e. The lowest BCUT2D eigenvalue weighted by Crippen LogP contribution is -2.31. The molecule has 0 heterocycles. The first-order valence-electron chi connectivity index (χ1n) is 7.55. The summed E-state index contributed by atoms with van der Waals surface area (Å²) in [5, 5.41) is 0. The highest BCUT2D eigenvalue weighted by molar-refractivity contribution is 6.35. The van der Waals surface area contributed by atoms with Gasteiger partial charge in [-0.2, -0.15) is 14.4 Å². The van der Waals surface area contributed by atoms with Gasteiger partial charge in [0.25, 0.3) is 0 Å². The van der Waals surface area contributed by atoms with Gasteiger partial charge in [-0.25, -0.2) is 0 Å². The molecular weight excluding hydrogens is 323 g/mol. The van der Waals surface area contributed by atoms with Crippen LogP contribution < -0.4 is 14.7 Å². The summed E-state index contributed by atoms with van der Waals surface area (Å²) in [6.07, 6.45) is 0.